The summed E-state index contributed by atoms with van der Waals surface area (Å²) in [6.07, 6.45) is 0.452. The number of hydrogen-bond donors (Lipinski definition) is 4. The van der Waals surface area contributed by atoms with Crippen molar-refractivity contribution < 1.29 is 9.59 Å². The first-order valence-corrected chi connectivity index (χ1v) is 8.04. The highest BCUT2D eigenvalue weighted by Crippen LogP contribution is 2.30. The van der Waals surface area contributed by atoms with Crippen molar-refractivity contribution in [1.82, 2.24) is 10.9 Å². The lowest BCUT2D eigenvalue weighted by molar-refractivity contribution is -0.121. The molecule has 25 heavy (non-hydrogen) atoms. The standard InChI is InChI=1S/C18H23N5O2/c19-21-17(24)10-12-23(13-11-18(25)22-20)16-9-5-4-8-15(16)14-6-2-1-3-7-14/h1-9H,10-13,19-20H2,(H,21,24)(H,22,25). The molecule has 0 spiro atoms. The maximum atomic E-state index is 11.5. The molecule has 0 atom stereocenters. The Morgan fingerprint density at radius 2 is 1.32 bits per heavy atom. The smallest absolute Gasteiger partial charge is 0.235 e. The SMILES string of the molecule is NNC(=O)CCN(CCC(=O)NN)c1ccccc1-c1ccccc1. The minimum Gasteiger partial charge on any atom is -0.370 e. The van der Waals surface area contributed by atoms with Gasteiger partial charge in [0.05, 0.1) is 0 Å². The molecule has 0 bridgehead atoms. The zero-order valence-electron chi connectivity index (χ0n) is 13.9. The van der Waals surface area contributed by atoms with Crippen molar-refractivity contribution in [3.05, 3.63) is 54.6 Å². The van der Waals surface area contributed by atoms with Crippen molar-refractivity contribution >= 4 is 17.5 Å². The second kappa shape index (κ2) is 9.41. The Bertz CT molecular complexity index is 686. The molecule has 0 radical (unpaired) electrons. The summed E-state index contributed by atoms with van der Waals surface area (Å²) in [5.74, 6) is 9.81. The molecule has 132 valence electrons. The number of carbonyl (C=O) groups excluding carboxylic acids is 2. The molecule has 2 rings (SSSR count). The summed E-state index contributed by atoms with van der Waals surface area (Å²) >= 11 is 0. The number of nitrogens with two attached hydrogens (primary N) is 2. The van der Waals surface area contributed by atoms with Crippen LogP contribution in [0.4, 0.5) is 5.69 Å². The number of nitrogens with one attached hydrogen (secondary N) is 2. The monoisotopic (exact) mass is 341 g/mol. The molecule has 7 nitrogen and oxygen atoms in total. The molecule has 7 heteroatoms. The van der Waals surface area contributed by atoms with Gasteiger partial charge in [0.2, 0.25) is 11.8 Å². The van der Waals surface area contributed by atoms with E-state index in [1.54, 1.807) is 0 Å². The van der Waals surface area contributed by atoms with Gasteiger partial charge in [-0.15, -0.1) is 0 Å². The van der Waals surface area contributed by atoms with Gasteiger partial charge in [-0.2, -0.15) is 0 Å². The fourth-order valence-electron chi connectivity index (χ4n) is 2.58. The van der Waals surface area contributed by atoms with E-state index in [-0.39, 0.29) is 24.7 Å². The summed E-state index contributed by atoms with van der Waals surface area (Å²) < 4.78 is 0. The normalized spacial score (nSPS) is 10.2. The van der Waals surface area contributed by atoms with E-state index in [1.165, 1.54) is 0 Å². The lowest BCUT2D eigenvalue weighted by Crippen LogP contribution is -2.37. The second-order valence-corrected chi connectivity index (χ2v) is 5.51. The van der Waals surface area contributed by atoms with Crippen LogP contribution in [0.3, 0.4) is 0 Å². The van der Waals surface area contributed by atoms with Gasteiger partial charge in [0.15, 0.2) is 0 Å². The maximum Gasteiger partial charge on any atom is 0.235 e. The van der Waals surface area contributed by atoms with Gasteiger partial charge in [-0.1, -0.05) is 48.5 Å². The number of hydrazine groups is 2. The number of carbonyl (C=O) groups is 2. The highest BCUT2D eigenvalue weighted by atomic mass is 16.2. The number of amides is 2. The summed E-state index contributed by atoms with van der Waals surface area (Å²) in [4.78, 5) is 25.1. The van der Waals surface area contributed by atoms with Crippen molar-refractivity contribution in [3.8, 4) is 11.1 Å². The lowest BCUT2D eigenvalue weighted by Gasteiger charge is -2.27. The van der Waals surface area contributed by atoms with Crippen molar-refractivity contribution in [2.75, 3.05) is 18.0 Å². The number of para-hydroxylation sites is 1. The van der Waals surface area contributed by atoms with E-state index >= 15 is 0 Å². The molecule has 2 amide bonds. The van der Waals surface area contributed by atoms with Crippen LogP contribution in [-0.4, -0.2) is 24.9 Å². The van der Waals surface area contributed by atoms with Gasteiger partial charge in [-0.05, 0) is 11.6 Å². The molecule has 0 unspecified atom stereocenters. The summed E-state index contributed by atoms with van der Waals surface area (Å²) in [5, 5.41) is 0. The van der Waals surface area contributed by atoms with E-state index in [4.69, 9.17) is 11.7 Å². The average Bonchev–Trinajstić information content (AvgIpc) is 2.68. The topological polar surface area (TPSA) is 113 Å². The van der Waals surface area contributed by atoms with E-state index in [1.807, 2.05) is 59.5 Å². The Balaban J connectivity index is 2.29. The van der Waals surface area contributed by atoms with E-state index in [0.29, 0.717) is 13.1 Å². The molecule has 0 saturated carbocycles. The Morgan fingerprint density at radius 3 is 1.88 bits per heavy atom. The van der Waals surface area contributed by atoms with Crippen LogP contribution in [0.1, 0.15) is 12.8 Å². The van der Waals surface area contributed by atoms with Crippen LogP contribution in [0.25, 0.3) is 11.1 Å². The van der Waals surface area contributed by atoms with Gasteiger partial charge < -0.3 is 4.90 Å². The molecule has 0 aliphatic carbocycles. The third-order valence-electron chi connectivity index (χ3n) is 3.87. The van der Waals surface area contributed by atoms with Crippen LogP contribution in [0.5, 0.6) is 0 Å². The Kier molecular flexibility index (Phi) is 6.94. The number of nitrogens with zero attached hydrogens (tertiary/aromatic N) is 1. The second-order valence-electron chi connectivity index (χ2n) is 5.51. The maximum absolute atomic E-state index is 11.5. The van der Waals surface area contributed by atoms with E-state index in [0.717, 1.165) is 16.8 Å². The van der Waals surface area contributed by atoms with Crippen molar-refractivity contribution in [1.29, 1.82) is 0 Å². The minimum absolute atomic E-state index is 0.226. The summed E-state index contributed by atoms with van der Waals surface area (Å²) in [6.45, 7) is 0.870. The predicted molar refractivity (Wildman–Crippen MR) is 98.0 cm³/mol. The molecule has 6 N–H and O–H groups in total. The van der Waals surface area contributed by atoms with E-state index in [9.17, 15) is 9.59 Å². The largest absolute Gasteiger partial charge is 0.370 e. The molecule has 2 aromatic rings. The molecule has 0 fully saturated rings. The van der Waals surface area contributed by atoms with Gasteiger partial charge in [-0.25, -0.2) is 11.7 Å². The highest BCUT2D eigenvalue weighted by molar-refractivity contribution is 5.81. The first kappa shape index (κ1) is 18.4. The van der Waals surface area contributed by atoms with E-state index in [2.05, 4.69) is 10.9 Å². The fraction of sp³-hybridized carbons (Fsp3) is 0.222. The van der Waals surface area contributed by atoms with Gasteiger partial charge in [-0.3, -0.25) is 20.4 Å². The summed E-state index contributed by atoms with van der Waals surface area (Å²) in [6, 6.07) is 17.8. The molecule has 0 aliphatic rings. The minimum atomic E-state index is -0.259. The van der Waals surface area contributed by atoms with Gasteiger partial charge in [0.25, 0.3) is 0 Å². The van der Waals surface area contributed by atoms with Crippen LogP contribution in [0.2, 0.25) is 0 Å². The number of anilines is 1. The third kappa shape index (κ3) is 5.30. The molecule has 2 aromatic carbocycles. The molecule has 0 aromatic heterocycles. The molecule has 0 aliphatic heterocycles. The van der Waals surface area contributed by atoms with Crippen LogP contribution in [0.15, 0.2) is 54.6 Å². The fourth-order valence-corrected chi connectivity index (χ4v) is 2.58. The van der Waals surface area contributed by atoms with Crippen LogP contribution < -0.4 is 27.4 Å². The molecular formula is C18H23N5O2. The molecule has 0 saturated heterocycles. The zero-order valence-corrected chi connectivity index (χ0v) is 13.9. The number of benzene rings is 2. The number of rotatable bonds is 8. The van der Waals surface area contributed by atoms with Crippen LogP contribution in [-0.2, 0) is 9.59 Å². The Morgan fingerprint density at radius 1 is 0.800 bits per heavy atom. The zero-order chi connectivity index (χ0) is 18.1. The van der Waals surface area contributed by atoms with Crippen molar-refractivity contribution in [2.45, 2.75) is 12.8 Å². The van der Waals surface area contributed by atoms with Gasteiger partial charge in [0, 0.05) is 37.2 Å². The summed E-state index contributed by atoms with van der Waals surface area (Å²) in [7, 11) is 0. The quantitative estimate of drug-likeness (QED) is 0.324. The van der Waals surface area contributed by atoms with E-state index < -0.39 is 0 Å². The predicted octanol–water partition coefficient (Wildman–Crippen LogP) is 0.920. The molecule has 0 heterocycles. The van der Waals surface area contributed by atoms with Crippen molar-refractivity contribution in [2.24, 2.45) is 11.7 Å². The Labute approximate surface area is 146 Å². The Hall–Kier alpha value is -2.90. The first-order valence-electron chi connectivity index (χ1n) is 8.04. The highest BCUT2D eigenvalue weighted by Gasteiger charge is 2.15. The number of hydrogen-bond acceptors (Lipinski definition) is 5. The van der Waals surface area contributed by atoms with Crippen LogP contribution >= 0.6 is 0 Å². The average molecular weight is 341 g/mol. The van der Waals surface area contributed by atoms with Crippen LogP contribution in [0, 0.1) is 0 Å². The van der Waals surface area contributed by atoms with Gasteiger partial charge >= 0.3 is 0 Å². The third-order valence-corrected chi connectivity index (χ3v) is 3.87. The first-order chi connectivity index (χ1) is 12.2. The van der Waals surface area contributed by atoms with Gasteiger partial charge in [0.1, 0.15) is 0 Å². The lowest BCUT2D eigenvalue weighted by atomic mass is 10.0. The molecular weight excluding hydrogens is 318 g/mol. The summed E-state index contributed by atoms with van der Waals surface area (Å²) in [5.41, 5.74) is 7.30. The van der Waals surface area contributed by atoms with Crippen molar-refractivity contribution in [3.63, 3.8) is 0 Å².